The molecule has 0 fully saturated rings. The number of aliphatic imine (C=N–C) groups is 1. The van der Waals surface area contributed by atoms with E-state index in [1.807, 2.05) is 0 Å². The van der Waals surface area contributed by atoms with Crippen LogP contribution in [-0.2, 0) is 9.53 Å². The minimum atomic E-state index is -0.563. The number of cyclic esters (lactones) is 1. The van der Waals surface area contributed by atoms with Crippen molar-refractivity contribution in [3.05, 3.63) is 75.4 Å². The highest BCUT2D eigenvalue weighted by molar-refractivity contribution is 6.11. The summed E-state index contributed by atoms with van der Waals surface area (Å²) in [6, 6.07) is 9.49. The van der Waals surface area contributed by atoms with Crippen molar-refractivity contribution in [3.8, 4) is 0 Å². The maximum Gasteiger partial charge on any atom is 0.363 e. The Hall–Kier alpha value is -3.48. The number of carbonyl (C=O) groups excluding carboxylic acids is 1. The van der Waals surface area contributed by atoms with Crippen molar-refractivity contribution in [1.82, 2.24) is 0 Å². The average Bonchev–Trinajstić information content (AvgIpc) is 3.12. The van der Waals surface area contributed by atoms with Gasteiger partial charge in [-0.05, 0) is 42.8 Å². The number of hydrogen-bond acceptors (Lipinski definition) is 6. The highest BCUT2D eigenvalue weighted by Crippen LogP contribution is 2.18. The van der Waals surface area contributed by atoms with Crippen LogP contribution in [0.15, 0.2) is 57.6 Å². The third kappa shape index (κ3) is 3.46. The molecule has 1 aromatic carbocycles. The first-order valence-electron chi connectivity index (χ1n) is 7.03. The predicted molar refractivity (Wildman–Crippen MR) is 87.1 cm³/mol. The Kier molecular flexibility index (Phi) is 4.07. The first-order valence-corrected chi connectivity index (χ1v) is 7.03. The smallest absolute Gasteiger partial charge is 0.363 e. The Morgan fingerprint density at radius 3 is 2.50 bits per heavy atom. The number of rotatable bonds is 4. The molecule has 3 rings (SSSR count). The minimum absolute atomic E-state index is 0.00995. The number of nitro benzene ring substituents is 1. The summed E-state index contributed by atoms with van der Waals surface area (Å²) in [5.74, 6) is 0.833. The Bertz CT molecular complexity index is 888. The summed E-state index contributed by atoms with van der Waals surface area (Å²) in [7, 11) is 0. The van der Waals surface area contributed by atoms with Crippen LogP contribution in [0.5, 0.6) is 0 Å². The Morgan fingerprint density at radius 2 is 1.88 bits per heavy atom. The van der Waals surface area contributed by atoms with Crippen molar-refractivity contribution in [1.29, 1.82) is 0 Å². The molecular formula is C17H12N2O5. The molecule has 1 aliphatic heterocycles. The van der Waals surface area contributed by atoms with Gasteiger partial charge >= 0.3 is 5.97 Å². The van der Waals surface area contributed by atoms with Crippen LogP contribution in [0.2, 0.25) is 0 Å². The molecule has 0 bridgehead atoms. The summed E-state index contributed by atoms with van der Waals surface area (Å²) in [6.45, 7) is 1.80. The van der Waals surface area contributed by atoms with Crippen molar-refractivity contribution < 1.29 is 18.9 Å². The largest absolute Gasteiger partial charge is 0.462 e. The van der Waals surface area contributed by atoms with Crippen LogP contribution < -0.4 is 0 Å². The van der Waals surface area contributed by atoms with Crippen molar-refractivity contribution in [2.75, 3.05) is 0 Å². The van der Waals surface area contributed by atoms with Gasteiger partial charge in [0.25, 0.3) is 5.69 Å². The maximum atomic E-state index is 11.8. The SMILES string of the molecule is Cc1ccc(/C=C2N=C(/C=C/c3ccc([N+](=O)[O-])cc3)OC\2=O)o1. The number of nitro groups is 1. The standard InChI is InChI=1S/C17H12N2O5/c1-11-2-8-14(23-11)10-15-17(20)24-16(18-15)9-5-12-3-6-13(7-4-12)19(21)22/h2-10H,1H3/b9-5+,15-10-. The molecule has 0 unspecified atom stereocenters. The number of aryl methyl sites for hydroxylation is 1. The molecule has 1 aliphatic rings. The van der Waals surface area contributed by atoms with Crippen molar-refractivity contribution in [3.63, 3.8) is 0 Å². The minimum Gasteiger partial charge on any atom is -0.462 e. The fourth-order valence-corrected chi connectivity index (χ4v) is 2.04. The van der Waals surface area contributed by atoms with E-state index in [0.717, 1.165) is 11.3 Å². The Morgan fingerprint density at radius 1 is 1.12 bits per heavy atom. The van der Waals surface area contributed by atoms with Crippen LogP contribution in [-0.4, -0.2) is 16.8 Å². The molecular weight excluding hydrogens is 312 g/mol. The number of non-ortho nitro benzene ring substituents is 1. The summed E-state index contributed by atoms with van der Waals surface area (Å²) >= 11 is 0. The van der Waals surface area contributed by atoms with Crippen LogP contribution in [0.25, 0.3) is 12.2 Å². The average molecular weight is 324 g/mol. The van der Waals surface area contributed by atoms with E-state index >= 15 is 0 Å². The van der Waals surface area contributed by atoms with Gasteiger partial charge < -0.3 is 9.15 Å². The van der Waals surface area contributed by atoms with Gasteiger partial charge in [-0.15, -0.1) is 0 Å². The summed E-state index contributed by atoms with van der Waals surface area (Å²) < 4.78 is 10.4. The first-order chi connectivity index (χ1) is 11.5. The number of ether oxygens (including phenoxy) is 1. The molecule has 2 aromatic rings. The highest BCUT2D eigenvalue weighted by Gasteiger charge is 2.21. The topological polar surface area (TPSA) is 94.9 Å². The number of esters is 1. The van der Waals surface area contributed by atoms with Gasteiger partial charge in [0.15, 0.2) is 5.70 Å². The monoisotopic (exact) mass is 324 g/mol. The number of benzene rings is 1. The lowest BCUT2D eigenvalue weighted by Crippen LogP contribution is -2.01. The Labute approximate surface area is 136 Å². The van der Waals surface area contributed by atoms with Crippen LogP contribution in [0, 0.1) is 17.0 Å². The molecule has 0 N–H and O–H groups in total. The molecule has 0 saturated heterocycles. The van der Waals surface area contributed by atoms with Crippen molar-refractivity contribution in [2.24, 2.45) is 4.99 Å². The van der Waals surface area contributed by atoms with E-state index in [1.54, 1.807) is 37.3 Å². The number of hydrogen-bond donors (Lipinski definition) is 0. The molecule has 0 aliphatic carbocycles. The molecule has 24 heavy (non-hydrogen) atoms. The fourth-order valence-electron chi connectivity index (χ4n) is 2.04. The third-order valence-electron chi connectivity index (χ3n) is 3.20. The van der Waals surface area contributed by atoms with Crippen molar-refractivity contribution in [2.45, 2.75) is 6.92 Å². The van der Waals surface area contributed by atoms with Gasteiger partial charge in [0.1, 0.15) is 11.5 Å². The van der Waals surface area contributed by atoms with Gasteiger partial charge in [0.2, 0.25) is 5.90 Å². The number of furan rings is 1. The van der Waals surface area contributed by atoms with Gasteiger partial charge in [-0.2, -0.15) is 0 Å². The second-order valence-electron chi connectivity index (χ2n) is 5.00. The zero-order valence-electron chi connectivity index (χ0n) is 12.6. The van der Waals surface area contributed by atoms with E-state index < -0.39 is 10.9 Å². The van der Waals surface area contributed by atoms with Gasteiger partial charge in [0, 0.05) is 24.3 Å². The van der Waals surface area contributed by atoms with Crippen LogP contribution >= 0.6 is 0 Å². The molecule has 0 spiro atoms. The number of carbonyl (C=O) groups is 1. The van der Waals surface area contributed by atoms with Gasteiger partial charge in [-0.25, -0.2) is 9.79 Å². The zero-order chi connectivity index (χ0) is 17.1. The van der Waals surface area contributed by atoms with E-state index in [1.165, 1.54) is 24.3 Å². The van der Waals surface area contributed by atoms with Crippen LogP contribution in [0.3, 0.4) is 0 Å². The lowest BCUT2D eigenvalue weighted by atomic mass is 10.2. The zero-order valence-corrected chi connectivity index (χ0v) is 12.6. The maximum absolute atomic E-state index is 11.8. The quantitative estimate of drug-likeness (QED) is 0.371. The van der Waals surface area contributed by atoms with Crippen LogP contribution in [0.4, 0.5) is 5.69 Å². The molecule has 0 atom stereocenters. The van der Waals surface area contributed by atoms with E-state index in [4.69, 9.17) is 9.15 Å². The molecule has 1 aromatic heterocycles. The van der Waals surface area contributed by atoms with E-state index in [0.29, 0.717) is 5.76 Å². The second-order valence-corrected chi connectivity index (χ2v) is 5.00. The highest BCUT2D eigenvalue weighted by atomic mass is 16.6. The second kappa shape index (κ2) is 6.33. The third-order valence-corrected chi connectivity index (χ3v) is 3.20. The summed E-state index contributed by atoms with van der Waals surface area (Å²) in [5, 5.41) is 10.6. The van der Waals surface area contributed by atoms with Gasteiger partial charge in [-0.1, -0.05) is 0 Å². The molecule has 7 heteroatoms. The summed E-state index contributed by atoms with van der Waals surface area (Å²) in [6.07, 6.45) is 4.67. The molecule has 0 amide bonds. The lowest BCUT2D eigenvalue weighted by Gasteiger charge is -1.94. The normalized spacial score (nSPS) is 15.8. The molecule has 0 saturated carbocycles. The first kappa shape index (κ1) is 15.4. The van der Waals surface area contributed by atoms with Crippen molar-refractivity contribution >= 4 is 29.7 Å². The van der Waals surface area contributed by atoms with E-state index in [2.05, 4.69) is 4.99 Å². The summed E-state index contributed by atoms with van der Waals surface area (Å²) in [4.78, 5) is 26.0. The molecule has 0 radical (unpaired) electrons. The molecule has 120 valence electrons. The molecule has 2 heterocycles. The molecule has 7 nitrogen and oxygen atoms in total. The lowest BCUT2D eigenvalue weighted by molar-refractivity contribution is -0.384. The summed E-state index contributed by atoms with van der Waals surface area (Å²) in [5.41, 5.74) is 0.877. The van der Waals surface area contributed by atoms with Gasteiger partial charge in [0.05, 0.1) is 4.92 Å². The fraction of sp³-hybridized carbons (Fsp3) is 0.0588. The van der Waals surface area contributed by atoms with E-state index in [9.17, 15) is 14.9 Å². The van der Waals surface area contributed by atoms with Gasteiger partial charge in [-0.3, -0.25) is 10.1 Å². The predicted octanol–water partition coefficient (Wildman–Crippen LogP) is 3.51. The van der Waals surface area contributed by atoms with Crippen LogP contribution in [0.1, 0.15) is 17.1 Å². The number of nitrogens with zero attached hydrogens (tertiary/aromatic N) is 2. The van der Waals surface area contributed by atoms with E-state index in [-0.39, 0.29) is 17.3 Å². The Balaban J connectivity index is 1.75.